The molecule has 2 aromatic heterocycles. The number of rotatable bonds is 7. The van der Waals surface area contributed by atoms with Crippen LogP contribution < -0.4 is 10.2 Å². The van der Waals surface area contributed by atoms with Crippen molar-refractivity contribution in [3.63, 3.8) is 0 Å². The molecule has 0 radical (unpaired) electrons. The van der Waals surface area contributed by atoms with Gasteiger partial charge in [0.1, 0.15) is 16.5 Å². The molecule has 4 aromatic rings. The Kier molecular flexibility index (Phi) is 6.90. The third kappa shape index (κ3) is 5.43. The molecule has 0 saturated carbocycles. The first-order chi connectivity index (χ1) is 17.1. The number of benzene rings is 2. The number of anilines is 2. The lowest BCUT2D eigenvalue weighted by Crippen LogP contribution is -2.49. The number of hydrogen-bond donors (Lipinski definition) is 1. The van der Waals surface area contributed by atoms with Crippen LogP contribution in [0.25, 0.3) is 10.2 Å². The smallest absolute Gasteiger partial charge is 0.227 e. The lowest BCUT2D eigenvalue weighted by Gasteiger charge is -2.35. The van der Waals surface area contributed by atoms with Crippen LogP contribution in [0.3, 0.4) is 0 Å². The maximum atomic E-state index is 13.2. The molecule has 0 aliphatic carbocycles. The van der Waals surface area contributed by atoms with E-state index in [4.69, 9.17) is 9.97 Å². The van der Waals surface area contributed by atoms with Gasteiger partial charge >= 0.3 is 0 Å². The fourth-order valence-corrected chi connectivity index (χ4v) is 5.25. The summed E-state index contributed by atoms with van der Waals surface area (Å²) in [5.74, 6) is 1.38. The number of halogens is 1. The molecule has 1 N–H and O–H groups in total. The number of hydrogen-bond acceptors (Lipinski definition) is 6. The summed E-state index contributed by atoms with van der Waals surface area (Å²) in [4.78, 5) is 28.9. The first-order valence-electron chi connectivity index (χ1n) is 11.9. The summed E-state index contributed by atoms with van der Waals surface area (Å²) in [6, 6.07) is 18.5. The predicted molar refractivity (Wildman–Crippen MR) is 139 cm³/mol. The van der Waals surface area contributed by atoms with Gasteiger partial charge in [-0.15, -0.1) is 11.3 Å². The Morgan fingerprint density at radius 1 is 1.00 bits per heavy atom. The Hall–Kier alpha value is -3.52. The highest BCUT2D eigenvalue weighted by molar-refractivity contribution is 7.18. The molecule has 1 saturated heterocycles. The Balaban J connectivity index is 1.31. The number of carbonyl (C=O) groups excluding carboxylic acids is 1. The molecular formula is C27H28FN5OS. The van der Waals surface area contributed by atoms with Gasteiger partial charge in [0, 0.05) is 37.6 Å². The van der Waals surface area contributed by atoms with Crippen molar-refractivity contribution < 1.29 is 9.18 Å². The minimum Gasteiger partial charge on any atom is -0.352 e. The number of aryl methyl sites for hydroxylation is 1. The predicted octanol–water partition coefficient (Wildman–Crippen LogP) is 4.90. The third-order valence-electron chi connectivity index (χ3n) is 6.27. The van der Waals surface area contributed by atoms with Gasteiger partial charge in [0.15, 0.2) is 0 Å². The van der Waals surface area contributed by atoms with Crippen LogP contribution in [0.5, 0.6) is 0 Å². The molecule has 1 aliphatic heterocycles. The van der Waals surface area contributed by atoms with Gasteiger partial charge in [0.05, 0.1) is 11.8 Å². The summed E-state index contributed by atoms with van der Waals surface area (Å²) in [5, 5.41) is 4.36. The number of carbonyl (C=O) groups is 1. The maximum Gasteiger partial charge on any atom is 0.227 e. The molecule has 180 valence electrons. The normalized spacial score (nSPS) is 13.9. The second-order valence-corrected chi connectivity index (χ2v) is 9.78. The van der Waals surface area contributed by atoms with Gasteiger partial charge in [-0.3, -0.25) is 4.79 Å². The zero-order valence-corrected chi connectivity index (χ0v) is 20.5. The van der Waals surface area contributed by atoms with Crippen molar-refractivity contribution in [2.45, 2.75) is 26.3 Å². The molecule has 0 bridgehead atoms. The van der Waals surface area contributed by atoms with Crippen LogP contribution in [-0.2, 0) is 24.2 Å². The second-order valence-electron chi connectivity index (χ2n) is 8.67. The van der Waals surface area contributed by atoms with E-state index in [9.17, 15) is 9.18 Å². The van der Waals surface area contributed by atoms with E-state index in [2.05, 4.69) is 23.2 Å². The van der Waals surface area contributed by atoms with E-state index in [0.29, 0.717) is 32.0 Å². The maximum absolute atomic E-state index is 13.2. The third-order valence-corrected chi connectivity index (χ3v) is 7.44. The zero-order valence-electron chi connectivity index (χ0n) is 19.7. The van der Waals surface area contributed by atoms with E-state index in [1.165, 1.54) is 17.0 Å². The van der Waals surface area contributed by atoms with Crippen LogP contribution in [-0.4, -0.2) is 47.0 Å². The first kappa shape index (κ1) is 23.2. The fraction of sp³-hybridized carbons (Fsp3) is 0.296. The average molecular weight is 490 g/mol. The fourth-order valence-electron chi connectivity index (χ4n) is 4.28. The average Bonchev–Trinajstić information content (AvgIpc) is 3.32. The molecule has 0 unspecified atom stereocenters. The van der Waals surface area contributed by atoms with Gasteiger partial charge < -0.3 is 15.1 Å². The molecule has 0 spiro atoms. The Morgan fingerprint density at radius 2 is 1.74 bits per heavy atom. The van der Waals surface area contributed by atoms with Crippen molar-refractivity contribution in [2.24, 2.45) is 0 Å². The van der Waals surface area contributed by atoms with Crippen LogP contribution in [0.4, 0.5) is 16.2 Å². The highest BCUT2D eigenvalue weighted by Crippen LogP contribution is 2.33. The lowest BCUT2D eigenvalue weighted by molar-refractivity contribution is -0.130. The van der Waals surface area contributed by atoms with Crippen molar-refractivity contribution in [1.82, 2.24) is 14.9 Å². The summed E-state index contributed by atoms with van der Waals surface area (Å²) in [6.07, 6.45) is 1.38. The topological polar surface area (TPSA) is 61.4 Å². The number of thiophene rings is 1. The summed E-state index contributed by atoms with van der Waals surface area (Å²) in [5.41, 5.74) is 2.00. The van der Waals surface area contributed by atoms with E-state index in [1.54, 1.807) is 23.5 Å². The van der Waals surface area contributed by atoms with Gasteiger partial charge in [-0.1, -0.05) is 49.4 Å². The van der Waals surface area contributed by atoms with Crippen molar-refractivity contribution in [3.05, 3.63) is 82.5 Å². The first-order valence-corrected chi connectivity index (χ1v) is 12.8. The summed E-state index contributed by atoms with van der Waals surface area (Å²) < 4.78 is 13.2. The van der Waals surface area contributed by atoms with Crippen LogP contribution in [0.1, 0.15) is 22.9 Å². The molecule has 8 heteroatoms. The minimum atomic E-state index is -0.249. The molecule has 3 heterocycles. The van der Waals surface area contributed by atoms with Gasteiger partial charge in [0.25, 0.3) is 0 Å². The molecule has 5 rings (SSSR count). The molecule has 0 atom stereocenters. The highest BCUT2D eigenvalue weighted by Gasteiger charge is 2.24. The van der Waals surface area contributed by atoms with Crippen LogP contribution in [0.2, 0.25) is 0 Å². The van der Waals surface area contributed by atoms with E-state index >= 15 is 0 Å². The van der Waals surface area contributed by atoms with Gasteiger partial charge in [0.2, 0.25) is 11.9 Å². The number of nitrogens with zero attached hydrogens (tertiary/aromatic N) is 4. The largest absolute Gasteiger partial charge is 0.352 e. The number of piperazine rings is 1. The molecule has 1 fully saturated rings. The number of amides is 1. The second kappa shape index (κ2) is 10.4. The van der Waals surface area contributed by atoms with E-state index < -0.39 is 0 Å². The Labute approximate surface area is 208 Å². The zero-order chi connectivity index (χ0) is 24.2. The molecule has 1 aliphatic rings. The summed E-state index contributed by atoms with van der Waals surface area (Å²) >= 11 is 1.69. The number of fused-ring (bicyclic) bond motifs is 1. The molecule has 1 amide bonds. The monoisotopic (exact) mass is 489 g/mol. The summed E-state index contributed by atoms with van der Waals surface area (Å²) in [6.45, 7) is 5.44. The molecular weight excluding hydrogens is 461 g/mol. The molecule has 2 aromatic carbocycles. The van der Waals surface area contributed by atoms with Crippen molar-refractivity contribution in [3.8, 4) is 0 Å². The van der Waals surface area contributed by atoms with Crippen LogP contribution >= 0.6 is 11.3 Å². The van der Waals surface area contributed by atoms with Gasteiger partial charge in [-0.2, -0.15) is 4.98 Å². The highest BCUT2D eigenvalue weighted by atomic mass is 32.1. The van der Waals surface area contributed by atoms with Crippen molar-refractivity contribution >= 4 is 39.2 Å². The lowest BCUT2D eigenvalue weighted by atomic mass is 10.1. The van der Waals surface area contributed by atoms with Crippen molar-refractivity contribution in [1.29, 1.82) is 0 Å². The molecule has 35 heavy (non-hydrogen) atoms. The van der Waals surface area contributed by atoms with Gasteiger partial charge in [-0.05, 0) is 35.7 Å². The van der Waals surface area contributed by atoms with E-state index in [1.807, 2.05) is 35.2 Å². The van der Waals surface area contributed by atoms with E-state index in [0.717, 1.165) is 46.7 Å². The number of aromatic nitrogens is 2. The number of nitrogens with one attached hydrogen (secondary N) is 1. The Bertz CT molecular complexity index is 1300. The SMILES string of the molecule is CCc1cc2c(N3CCN(C(=O)Cc4ccccc4)CC3)nc(NCc3ccc(F)cc3)nc2s1. The van der Waals surface area contributed by atoms with Gasteiger partial charge in [-0.25, -0.2) is 9.37 Å². The standard InChI is InChI=1S/C27H28FN5OS/c1-2-22-17-23-25(30-27(31-26(23)35-22)29-18-20-8-10-21(28)11-9-20)33-14-12-32(13-15-33)24(34)16-19-6-4-3-5-7-19/h3-11,17H,2,12-16,18H2,1H3,(H,29,30,31). The summed E-state index contributed by atoms with van der Waals surface area (Å²) in [7, 11) is 0. The van der Waals surface area contributed by atoms with E-state index in [-0.39, 0.29) is 11.7 Å². The minimum absolute atomic E-state index is 0.161. The molecule has 6 nitrogen and oxygen atoms in total. The quantitative estimate of drug-likeness (QED) is 0.400. The van der Waals surface area contributed by atoms with Crippen molar-refractivity contribution in [2.75, 3.05) is 36.4 Å². The van der Waals surface area contributed by atoms with Crippen LogP contribution in [0, 0.1) is 5.82 Å². The Morgan fingerprint density at radius 3 is 2.46 bits per heavy atom. The van der Waals surface area contributed by atoms with Crippen LogP contribution in [0.15, 0.2) is 60.7 Å².